The number of alkyl halides is 3. The summed E-state index contributed by atoms with van der Waals surface area (Å²) < 4.78 is 67.1. The topological polar surface area (TPSA) is 78.5 Å². The fraction of sp³-hybridized carbons (Fsp3) is 0.588. The van der Waals surface area contributed by atoms with Crippen LogP contribution < -0.4 is 10.0 Å². The Kier molecular flexibility index (Phi) is 6.23. The van der Waals surface area contributed by atoms with Gasteiger partial charge in [0, 0.05) is 24.2 Å². The zero-order chi connectivity index (χ0) is 20.5. The van der Waals surface area contributed by atoms with E-state index in [4.69, 9.17) is 11.6 Å². The van der Waals surface area contributed by atoms with Crippen LogP contribution in [0.15, 0.2) is 23.1 Å². The van der Waals surface area contributed by atoms with Crippen molar-refractivity contribution in [1.82, 2.24) is 14.9 Å². The Hall–Kier alpha value is -1.36. The first-order chi connectivity index (χ1) is 13.1. The minimum absolute atomic E-state index is 0.00383. The lowest BCUT2D eigenvalue weighted by atomic mass is 10.0. The second kappa shape index (κ2) is 8.17. The van der Waals surface area contributed by atoms with Crippen LogP contribution in [0.25, 0.3) is 0 Å². The normalized spacial score (nSPS) is 21.9. The number of carbonyl (C=O) groups excluding carboxylic acids is 1. The number of piperidine rings is 1. The number of hydrogen-bond acceptors (Lipinski definition) is 4. The van der Waals surface area contributed by atoms with Crippen molar-refractivity contribution in [3.05, 3.63) is 28.8 Å². The third-order valence-electron chi connectivity index (χ3n) is 5.02. The van der Waals surface area contributed by atoms with Crippen molar-refractivity contribution >= 4 is 27.5 Å². The quantitative estimate of drug-likeness (QED) is 0.755. The maximum absolute atomic E-state index is 13.2. The number of sulfonamides is 1. The van der Waals surface area contributed by atoms with Crippen molar-refractivity contribution in [2.75, 3.05) is 19.6 Å². The van der Waals surface area contributed by atoms with Gasteiger partial charge >= 0.3 is 6.18 Å². The number of nitrogens with one attached hydrogen (secondary N) is 2. The summed E-state index contributed by atoms with van der Waals surface area (Å²) in [4.78, 5) is 13.2. The number of nitrogens with zero attached hydrogens (tertiary/aromatic N) is 1. The Morgan fingerprint density at radius 3 is 2.46 bits per heavy atom. The molecule has 1 aromatic carbocycles. The highest BCUT2D eigenvalue weighted by Crippen LogP contribution is 2.36. The zero-order valence-electron chi connectivity index (χ0n) is 14.9. The Bertz CT molecular complexity index is 834. The van der Waals surface area contributed by atoms with Crippen molar-refractivity contribution < 1.29 is 26.4 Å². The predicted octanol–water partition coefficient (Wildman–Crippen LogP) is 2.38. The highest BCUT2D eigenvalue weighted by molar-refractivity contribution is 7.89. The molecule has 156 valence electrons. The maximum Gasteiger partial charge on any atom is 0.417 e. The van der Waals surface area contributed by atoms with Crippen LogP contribution in [-0.2, 0) is 21.0 Å². The molecule has 6 nitrogen and oxygen atoms in total. The van der Waals surface area contributed by atoms with Gasteiger partial charge in [0.25, 0.3) is 0 Å². The Balaban J connectivity index is 1.67. The van der Waals surface area contributed by atoms with Crippen LogP contribution in [0.2, 0.25) is 5.02 Å². The van der Waals surface area contributed by atoms with Gasteiger partial charge < -0.3 is 10.2 Å². The third kappa shape index (κ3) is 4.79. The summed E-state index contributed by atoms with van der Waals surface area (Å²) in [6, 6.07) is 1.84. The monoisotopic (exact) mass is 439 g/mol. The molecule has 2 N–H and O–H groups in total. The highest BCUT2D eigenvalue weighted by atomic mass is 35.5. The van der Waals surface area contributed by atoms with Crippen LogP contribution in [0.1, 0.15) is 31.2 Å². The van der Waals surface area contributed by atoms with Gasteiger partial charge in [0.1, 0.15) is 0 Å². The van der Waals surface area contributed by atoms with Gasteiger partial charge in [-0.25, -0.2) is 13.1 Å². The number of benzene rings is 1. The molecule has 2 heterocycles. The van der Waals surface area contributed by atoms with Gasteiger partial charge in [-0.1, -0.05) is 11.6 Å². The lowest BCUT2D eigenvalue weighted by Crippen LogP contribution is -2.50. The van der Waals surface area contributed by atoms with Crippen LogP contribution >= 0.6 is 11.6 Å². The molecule has 0 spiro atoms. The van der Waals surface area contributed by atoms with E-state index in [1.165, 1.54) is 0 Å². The predicted molar refractivity (Wildman–Crippen MR) is 97.4 cm³/mol. The minimum atomic E-state index is -4.85. The number of halogens is 4. The number of carbonyl (C=O) groups is 1. The Labute approximate surface area is 166 Å². The summed E-state index contributed by atoms with van der Waals surface area (Å²) in [6.07, 6.45) is -2.45. The van der Waals surface area contributed by atoms with Crippen LogP contribution in [0.5, 0.6) is 0 Å². The average molecular weight is 440 g/mol. The molecule has 11 heteroatoms. The maximum atomic E-state index is 13.2. The van der Waals surface area contributed by atoms with E-state index in [1.807, 2.05) is 0 Å². The number of rotatable bonds is 4. The van der Waals surface area contributed by atoms with E-state index in [0.717, 1.165) is 31.5 Å². The molecule has 0 aromatic heterocycles. The van der Waals surface area contributed by atoms with Gasteiger partial charge in [0.05, 0.1) is 16.5 Å². The molecule has 2 saturated heterocycles. The summed E-state index contributed by atoms with van der Waals surface area (Å²) in [5, 5.41) is 2.93. The molecule has 0 aliphatic carbocycles. The summed E-state index contributed by atoms with van der Waals surface area (Å²) in [5.74, 6) is -0.00383. The Morgan fingerprint density at radius 2 is 1.89 bits per heavy atom. The minimum Gasteiger partial charge on any atom is -0.341 e. The number of hydrogen-bond donors (Lipinski definition) is 2. The van der Waals surface area contributed by atoms with E-state index >= 15 is 0 Å². The van der Waals surface area contributed by atoms with Crippen molar-refractivity contribution in [3.8, 4) is 0 Å². The average Bonchev–Trinajstić information content (AvgIpc) is 3.15. The van der Waals surface area contributed by atoms with E-state index < -0.39 is 32.7 Å². The van der Waals surface area contributed by atoms with Crippen molar-refractivity contribution in [2.24, 2.45) is 0 Å². The molecule has 2 aliphatic rings. The molecule has 0 unspecified atom stereocenters. The fourth-order valence-electron chi connectivity index (χ4n) is 3.57. The Morgan fingerprint density at radius 1 is 1.21 bits per heavy atom. The van der Waals surface area contributed by atoms with Gasteiger partial charge in [-0.15, -0.1) is 0 Å². The summed E-state index contributed by atoms with van der Waals surface area (Å²) in [5.41, 5.74) is -1.30. The number of likely N-dealkylation sites (tertiary alicyclic amines) is 1. The van der Waals surface area contributed by atoms with E-state index in [9.17, 15) is 26.4 Å². The lowest BCUT2D eigenvalue weighted by Gasteiger charge is -2.33. The van der Waals surface area contributed by atoms with Gasteiger partial charge in [-0.2, -0.15) is 13.2 Å². The van der Waals surface area contributed by atoms with E-state index in [1.54, 1.807) is 4.90 Å². The first-order valence-corrected chi connectivity index (χ1v) is 10.9. The molecule has 0 radical (unpaired) electrons. The second-order valence-corrected chi connectivity index (χ2v) is 9.13. The largest absolute Gasteiger partial charge is 0.417 e. The van der Waals surface area contributed by atoms with Gasteiger partial charge in [0.2, 0.25) is 15.9 Å². The molecule has 3 rings (SSSR count). The smallest absolute Gasteiger partial charge is 0.341 e. The van der Waals surface area contributed by atoms with Crippen molar-refractivity contribution in [1.29, 1.82) is 0 Å². The summed E-state index contributed by atoms with van der Waals surface area (Å²) in [6.45, 7) is 1.52. The highest BCUT2D eigenvalue weighted by Gasteiger charge is 2.38. The third-order valence-corrected chi connectivity index (χ3v) is 6.84. The molecule has 1 amide bonds. The van der Waals surface area contributed by atoms with Crippen LogP contribution in [0.4, 0.5) is 13.2 Å². The molecular weight excluding hydrogens is 419 g/mol. The summed E-state index contributed by atoms with van der Waals surface area (Å²) in [7, 11) is -4.39. The SMILES string of the molecule is O=C([C@@H]1CCCN1)N1CCC(NS(=O)(=O)c2ccc(Cl)cc2C(F)(F)F)CC1. The molecule has 2 aliphatic heterocycles. The second-order valence-electron chi connectivity index (χ2n) is 7.01. The fourth-order valence-corrected chi connectivity index (χ4v) is 5.26. The molecule has 0 bridgehead atoms. The van der Waals surface area contributed by atoms with E-state index in [-0.39, 0.29) is 17.0 Å². The molecule has 1 aromatic rings. The number of amides is 1. The first kappa shape index (κ1) is 21.4. The molecule has 0 saturated carbocycles. The van der Waals surface area contributed by atoms with Crippen molar-refractivity contribution in [2.45, 2.75) is 48.8 Å². The van der Waals surface area contributed by atoms with Gasteiger partial charge in [0.15, 0.2) is 0 Å². The zero-order valence-corrected chi connectivity index (χ0v) is 16.5. The molecule has 28 heavy (non-hydrogen) atoms. The van der Waals surface area contributed by atoms with Crippen LogP contribution in [-0.4, -0.2) is 50.9 Å². The van der Waals surface area contributed by atoms with Crippen LogP contribution in [0.3, 0.4) is 0 Å². The summed E-state index contributed by atoms with van der Waals surface area (Å²) >= 11 is 5.61. The lowest BCUT2D eigenvalue weighted by molar-refractivity contribution is -0.140. The molecular formula is C17H21ClF3N3O3S. The molecule has 2 fully saturated rings. The molecule has 1 atom stereocenters. The van der Waals surface area contributed by atoms with Gasteiger partial charge in [-0.05, 0) is 50.4 Å². The van der Waals surface area contributed by atoms with Gasteiger partial charge in [-0.3, -0.25) is 4.79 Å². The van der Waals surface area contributed by atoms with E-state index in [2.05, 4.69) is 10.0 Å². The van der Waals surface area contributed by atoms with Crippen molar-refractivity contribution in [3.63, 3.8) is 0 Å². The first-order valence-electron chi connectivity index (χ1n) is 8.99. The van der Waals surface area contributed by atoms with E-state index in [0.29, 0.717) is 32.0 Å². The standard InChI is InChI=1S/C17H21ClF3N3O3S/c18-11-3-4-15(13(10-11)17(19,20)21)28(26,27)23-12-5-8-24(9-6-12)16(25)14-2-1-7-22-14/h3-4,10,12,14,22-23H,1-2,5-9H2/t14-/m0/s1. The van der Waals surface area contributed by atoms with Crippen LogP contribution in [0, 0.1) is 0 Å².